The molecule has 0 saturated heterocycles. The monoisotopic (exact) mass is 445 g/mol. The Morgan fingerprint density at radius 3 is 2.62 bits per heavy atom. The lowest BCUT2D eigenvalue weighted by molar-refractivity contribution is 0.356. The standard InChI is InChI=1S/C24H23N5O2S/c1-13(22-8-9-23(32-22)15-6-5-7-18-17(15)12-25-29-18)26-24-16-10-20(30-3)21(31-4)11-19(16)27-14(2)28-24/h5-13H,1-4H3,(H,25,29)(H,26,27,28). The van der Waals surface area contributed by atoms with Gasteiger partial charge >= 0.3 is 0 Å². The zero-order chi connectivity index (χ0) is 22.2. The first kappa shape index (κ1) is 20.3. The first-order chi connectivity index (χ1) is 15.6. The van der Waals surface area contributed by atoms with Gasteiger partial charge in [-0.25, -0.2) is 9.97 Å². The van der Waals surface area contributed by atoms with Crippen molar-refractivity contribution < 1.29 is 9.47 Å². The van der Waals surface area contributed by atoms with Gasteiger partial charge in [0.1, 0.15) is 11.6 Å². The molecule has 5 aromatic rings. The minimum atomic E-state index is 0.0582. The Morgan fingerprint density at radius 1 is 1.00 bits per heavy atom. The molecule has 3 aromatic heterocycles. The number of methoxy groups -OCH3 is 2. The number of fused-ring (bicyclic) bond motifs is 2. The second kappa shape index (κ2) is 8.12. The van der Waals surface area contributed by atoms with E-state index in [1.165, 1.54) is 15.3 Å². The van der Waals surface area contributed by atoms with Gasteiger partial charge < -0.3 is 14.8 Å². The van der Waals surface area contributed by atoms with Crippen LogP contribution in [0.25, 0.3) is 32.2 Å². The fourth-order valence-electron chi connectivity index (χ4n) is 3.87. The highest BCUT2D eigenvalue weighted by Gasteiger charge is 2.16. The van der Waals surface area contributed by atoms with Gasteiger partial charge in [0.05, 0.1) is 37.5 Å². The van der Waals surface area contributed by atoms with Crippen molar-refractivity contribution in [3.8, 4) is 21.9 Å². The van der Waals surface area contributed by atoms with E-state index in [1.807, 2.05) is 37.4 Å². The Hall–Kier alpha value is -3.65. The molecule has 0 aliphatic carbocycles. The quantitative estimate of drug-likeness (QED) is 0.347. The maximum absolute atomic E-state index is 5.49. The van der Waals surface area contributed by atoms with Crippen molar-refractivity contribution in [2.45, 2.75) is 19.9 Å². The van der Waals surface area contributed by atoms with Crippen molar-refractivity contribution in [2.75, 3.05) is 19.5 Å². The predicted octanol–water partition coefficient (Wildman–Crippen LogP) is 5.73. The maximum Gasteiger partial charge on any atom is 0.162 e. The van der Waals surface area contributed by atoms with E-state index in [4.69, 9.17) is 9.47 Å². The van der Waals surface area contributed by atoms with Crippen molar-refractivity contribution in [1.82, 2.24) is 20.2 Å². The summed E-state index contributed by atoms with van der Waals surface area (Å²) in [5, 5.41) is 12.8. The Labute approximate surface area is 189 Å². The van der Waals surface area contributed by atoms with Gasteiger partial charge in [0.15, 0.2) is 11.5 Å². The topological polar surface area (TPSA) is 85.0 Å². The van der Waals surface area contributed by atoms with Gasteiger partial charge in [-0.15, -0.1) is 11.3 Å². The molecule has 5 rings (SSSR count). The number of hydrogen-bond donors (Lipinski definition) is 2. The van der Waals surface area contributed by atoms with Gasteiger partial charge in [-0.2, -0.15) is 5.10 Å². The van der Waals surface area contributed by atoms with Crippen molar-refractivity contribution in [3.05, 3.63) is 59.4 Å². The highest BCUT2D eigenvalue weighted by Crippen LogP contribution is 2.38. The number of nitrogens with one attached hydrogen (secondary N) is 2. The third-order valence-electron chi connectivity index (χ3n) is 5.47. The fourth-order valence-corrected chi connectivity index (χ4v) is 4.92. The van der Waals surface area contributed by atoms with Gasteiger partial charge in [-0.3, -0.25) is 5.10 Å². The Bertz CT molecular complexity index is 1420. The number of benzene rings is 2. The SMILES string of the molecule is COc1cc2nc(C)nc(NC(C)c3ccc(-c4cccc5[nH]ncc45)s3)c2cc1OC. The molecular weight excluding hydrogens is 422 g/mol. The molecule has 162 valence electrons. The molecule has 2 N–H and O–H groups in total. The maximum atomic E-state index is 5.49. The highest BCUT2D eigenvalue weighted by molar-refractivity contribution is 7.15. The molecule has 1 unspecified atom stereocenters. The van der Waals surface area contributed by atoms with E-state index < -0.39 is 0 Å². The summed E-state index contributed by atoms with van der Waals surface area (Å²) in [6.07, 6.45) is 1.88. The summed E-state index contributed by atoms with van der Waals surface area (Å²) in [5.41, 5.74) is 3.03. The summed E-state index contributed by atoms with van der Waals surface area (Å²) in [5.74, 6) is 2.76. The lowest BCUT2D eigenvalue weighted by Crippen LogP contribution is -2.08. The van der Waals surface area contributed by atoms with E-state index >= 15 is 0 Å². The Morgan fingerprint density at radius 2 is 1.81 bits per heavy atom. The van der Waals surface area contributed by atoms with Gasteiger partial charge in [-0.05, 0) is 38.1 Å². The van der Waals surface area contributed by atoms with Crippen LogP contribution in [-0.2, 0) is 0 Å². The normalized spacial score (nSPS) is 12.2. The smallest absolute Gasteiger partial charge is 0.162 e. The highest BCUT2D eigenvalue weighted by atomic mass is 32.1. The first-order valence-corrected chi connectivity index (χ1v) is 11.1. The lowest BCUT2D eigenvalue weighted by Gasteiger charge is -2.16. The summed E-state index contributed by atoms with van der Waals surface area (Å²) >= 11 is 1.76. The number of aromatic amines is 1. The van der Waals surface area contributed by atoms with Crippen LogP contribution >= 0.6 is 11.3 Å². The second-order valence-electron chi connectivity index (χ2n) is 7.55. The van der Waals surface area contributed by atoms with E-state index in [0.29, 0.717) is 17.3 Å². The van der Waals surface area contributed by atoms with Crippen LogP contribution < -0.4 is 14.8 Å². The molecule has 0 bridgehead atoms. The fraction of sp³-hybridized carbons (Fsp3) is 0.208. The lowest BCUT2D eigenvalue weighted by atomic mass is 10.1. The molecule has 0 radical (unpaired) electrons. The summed E-state index contributed by atoms with van der Waals surface area (Å²) in [6, 6.07) is 14.4. The van der Waals surface area contributed by atoms with E-state index in [-0.39, 0.29) is 6.04 Å². The molecule has 0 saturated carbocycles. The summed E-state index contributed by atoms with van der Waals surface area (Å²) in [4.78, 5) is 11.7. The minimum absolute atomic E-state index is 0.0582. The third-order valence-corrected chi connectivity index (χ3v) is 6.77. The van der Waals surface area contributed by atoms with Crippen LogP contribution in [0.5, 0.6) is 11.5 Å². The minimum Gasteiger partial charge on any atom is -0.493 e. The van der Waals surface area contributed by atoms with Crippen LogP contribution in [0, 0.1) is 6.92 Å². The van der Waals surface area contributed by atoms with Crippen molar-refractivity contribution in [3.63, 3.8) is 0 Å². The van der Waals surface area contributed by atoms with Crippen LogP contribution in [0.3, 0.4) is 0 Å². The van der Waals surface area contributed by atoms with Crippen LogP contribution in [0.15, 0.2) is 48.7 Å². The molecular formula is C24H23N5O2S. The van der Waals surface area contributed by atoms with Crippen LogP contribution in [-0.4, -0.2) is 34.4 Å². The number of thiophene rings is 1. The number of nitrogens with zero attached hydrogens (tertiary/aromatic N) is 3. The zero-order valence-corrected chi connectivity index (χ0v) is 19.1. The molecule has 1 atom stereocenters. The van der Waals surface area contributed by atoms with E-state index in [1.54, 1.807) is 25.6 Å². The van der Waals surface area contributed by atoms with Crippen LogP contribution in [0.1, 0.15) is 23.7 Å². The van der Waals surface area contributed by atoms with Crippen molar-refractivity contribution >= 4 is 39.0 Å². The first-order valence-electron chi connectivity index (χ1n) is 10.3. The zero-order valence-electron chi connectivity index (χ0n) is 18.3. The molecule has 0 aliphatic heterocycles. The number of hydrogen-bond acceptors (Lipinski definition) is 7. The third kappa shape index (κ3) is 3.52. The van der Waals surface area contributed by atoms with Crippen LogP contribution in [0.2, 0.25) is 0 Å². The molecule has 8 heteroatoms. The summed E-state index contributed by atoms with van der Waals surface area (Å²) in [6.45, 7) is 4.03. The predicted molar refractivity (Wildman–Crippen MR) is 129 cm³/mol. The molecule has 0 spiro atoms. The largest absolute Gasteiger partial charge is 0.493 e. The molecule has 0 aliphatic rings. The molecule has 7 nitrogen and oxygen atoms in total. The Balaban J connectivity index is 1.49. The molecule has 0 fully saturated rings. The van der Waals surface area contributed by atoms with E-state index in [9.17, 15) is 0 Å². The molecule has 2 aromatic carbocycles. The number of H-pyrrole nitrogens is 1. The Kier molecular flexibility index (Phi) is 5.14. The van der Waals surface area contributed by atoms with Crippen LogP contribution in [0.4, 0.5) is 5.82 Å². The van der Waals surface area contributed by atoms with Crippen molar-refractivity contribution in [2.24, 2.45) is 0 Å². The number of ether oxygens (including phenoxy) is 2. The van der Waals surface area contributed by atoms with Crippen molar-refractivity contribution in [1.29, 1.82) is 0 Å². The number of aryl methyl sites for hydroxylation is 1. The average molecular weight is 446 g/mol. The van der Waals surface area contributed by atoms with Gasteiger partial charge in [-0.1, -0.05) is 12.1 Å². The second-order valence-corrected chi connectivity index (χ2v) is 8.66. The molecule has 3 heterocycles. The van der Waals surface area contributed by atoms with Gasteiger partial charge in [0, 0.05) is 32.2 Å². The molecule has 32 heavy (non-hydrogen) atoms. The number of aromatic nitrogens is 4. The molecule has 0 amide bonds. The average Bonchev–Trinajstić information content (AvgIpc) is 3.47. The number of rotatable bonds is 6. The summed E-state index contributed by atoms with van der Waals surface area (Å²) in [7, 11) is 3.25. The number of anilines is 1. The van der Waals surface area contributed by atoms with Gasteiger partial charge in [0.25, 0.3) is 0 Å². The van der Waals surface area contributed by atoms with E-state index in [0.717, 1.165) is 27.6 Å². The summed E-state index contributed by atoms with van der Waals surface area (Å²) < 4.78 is 10.9. The van der Waals surface area contributed by atoms with Gasteiger partial charge in [0.2, 0.25) is 0 Å². The van der Waals surface area contributed by atoms with E-state index in [2.05, 4.69) is 50.6 Å².